The molecule has 1 amide bonds. The van der Waals surface area contributed by atoms with Crippen LogP contribution in [0.4, 0.5) is 4.79 Å². The SMILES string of the molecule is CC(c1ccccn1)N1CCCC(CNC(=O)OC(C)(C)C)C1. The number of piperidine rings is 1. The summed E-state index contributed by atoms with van der Waals surface area (Å²) in [5.41, 5.74) is 0.657. The van der Waals surface area contributed by atoms with Crippen LogP contribution in [0, 0.1) is 5.92 Å². The van der Waals surface area contributed by atoms with E-state index in [4.69, 9.17) is 4.74 Å². The number of carbonyl (C=O) groups excluding carboxylic acids is 1. The number of carbonyl (C=O) groups is 1. The highest BCUT2D eigenvalue weighted by Gasteiger charge is 2.25. The molecule has 1 saturated heterocycles. The first-order chi connectivity index (χ1) is 10.8. The first-order valence-corrected chi connectivity index (χ1v) is 8.47. The van der Waals surface area contributed by atoms with Gasteiger partial charge < -0.3 is 10.1 Å². The molecule has 2 heterocycles. The zero-order valence-corrected chi connectivity index (χ0v) is 14.7. The standard InChI is InChI=1S/C18H29N3O2/c1-14(16-9-5-6-10-19-16)21-11-7-8-15(13-21)12-20-17(22)23-18(2,3)4/h5-6,9-10,14-15H,7-8,11-13H2,1-4H3,(H,20,22). The largest absolute Gasteiger partial charge is 0.444 e. The third-order valence-corrected chi connectivity index (χ3v) is 4.15. The number of hydrogen-bond donors (Lipinski definition) is 1. The fourth-order valence-corrected chi connectivity index (χ4v) is 2.97. The topological polar surface area (TPSA) is 54.5 Å². The molecule has 128 valence electrons. The van der Waals surface area contributed by atoms with E-state index in [2.05, 4.69) is 28.2 Å². The van der Waals surface area contributed by atoms with Gasteiger partial charge in [-0.1, -0.05) is 6.07 Å². The maximum Gasteiger partial charge on any atom is 0.407 e. The van der Waals surface area contributed by atoms with Crippen molar-refractivity contribution in [3.05, 3.63) is 30.1 Å². The van der Waals surface area contributed by atoms with Crippen molar-refractivity contribution in [1.82, 2.24) is 15.2 Å². The molecule has 0 saturated carbocycles. The van der Waals surface area contributed by atoms with Crippen LogP contribution in [0.1, 0.15) is 52.3 Å². The van der Waals surface area contributed by atoms with Crippen LogP contribution in [0.25, 0.3) is 0 Å². The summed E-state index contributed by atoms with van der Waals surface area (Å²) in [6, 6.07) is 6.36. The summed E-state index contributed by atoms with van der Waals surface area (Å²) < 4.78 is 5.30. The number of ether oxygens (including phenoxy) is 1. The molecule has 1 aliphatic heterocycles. The maximum absolute atomic E-state index is 11.8. The van der Waals surface area contributed by atoms with Crippen LogP contribution in [0.5, 0.6) is 0 Å². The van der Waals surface area contributed by atoms with Crippen LogP contribution < -0.4 is 5.32 Å². The first kappa shape index (κ1) is 17.7. The van der Waals surface area contributed by atoms with Gasteiger partial charge in [0, 0.05) is 25.3 Å². The molecule has 0 aliphatic carbocycles. The molecule has 1 aromatic heterocycles. The Morgan fingerprint density at radius 2 is 2.26 bits per heavy atom. The minimum Gasteiger partial charge on any atom is -0.444 e. The van der Waals surface area contributed by atoms with Gasteiger partial charge in [-0.25, -0.2) is 4.79 Å². The second-order valence-corrected chi connectivity index (χ2v) is 7.32. The van der Waals surface area contributed by atoms with Gasteiger partial charge >= 0.3 is 6.09 Å². The quantitative estimate of drug-likeness (QED) is 0.924. The van der Waals surface area contributed by atoms with Crippen molar-refractivity contribution >= 4 is 6.09 Å². The normalized spacial score (nSPS) is 20.8. The van der Waals surface area contributed by atoms with Crippen LogP contribution in [-0.4, -0.2) is 41.2 Å². The zero-order chi connectivity index (χ0) is 16.9. The molecule has 2 rings (SSSR count). The number of nitrogens with one attached hydrogen (secondary N) is 1. The second kappa shape index (κ2) is 7.77. The third kappa shape index (κ3) is 5.82. The van der Waals surface area contributed by atoms with Gasteiger partial charge in [0.05, 0.1) is 5.69 Å². The highest BCUT2D eigenvalue weighted by molar-refractivity contribution is 5.67. The lowest BCUT2D eigenvalue weighted by Crippen LogP contribution is -2.43. The molecule has 1 aliphatic rings. The molecule has 1 N–H and O–H groups in total. The molecule has 0 spiro atoms. The van der Waals surface area contributed by atoms with Gasteiger partial charge in [-0.2, -0.15) is 0 Å². The van der Waals surface area contributed by atoms with E-state index in [1.165, 1.54) is 0 Å². The van der Waals surface area contributed by atoms with E-state index < -0.39 is 5.60 Å². The van der Waals surface area contributed by atoms with Gasteiger partial charge in [0.25, 0.3) is 0 Å². The number of amides is 1. The Morgan fingerprint density at radius 1 is 1.48 bits per heavy atom. The highest BCUT2D eigenvalue weighted by Crippen LogP contribution is 2.25. The molecule has 23 heavy (non-hydrogen) atoms. The predicted octanol–water partition coefficient (Wildman–Crippen LogP) is 3.38. The number of likely N-dealkylation sites (tertiary alicyclic amines) is 1. The van der Waals surface area contributed by atoms with E-state index in [0.29, 0.717) is 18.5 Å². The number of rotatable bonds is 4. The van der Waals surface area contributed by atoms with Crippen molar-refractivity contribution < 1.29 is 9.53 Å². The highest BCUT2D eigenvalue weighted by atomic mass is 16.6. The molecule has 2 unspecified atom stereocenters. The van der Waals surface area contributed by atoms with Crippen LogP contribution >= 0.6 is 0 Å². The molecule has 1 aromatic rings. The van der Waals surface area contributed by atoms with E-state index in [1.54, 1.807) is 0 Å². The molecule has 1 fully saturated rings. The van der Waals surface area contributed by atoms with E-state index in [-0.39, 0.29) is 6.09 Å². The minimum absolute atomic E-state index is 0.306. The Balaban J connectivity index is 1.83. The minimum atomic E-state index is -0.448. The van der Waals surface area contributed by atoms with E-state index in [1.807, 2.05) is 39.1 Å². The lowest BCUT2D eigenvalue weighted by Gasteiger charge is -2.36. The average Bonchev–Trinajstić information content (AvgIpc) is 2.52. The Bertz CT molecular complexity index is 499. The van der Waals surface area contributed by atoms with Gasteiger partial charge in [0.1, 0.15) is 5.60 Å². The van der Waals surface area contributed by atoms with Gasteiger partial charge in [0.15, 0.2) is 0 Å². The number of nitrogens with zero attached hydrogens (tertiary/aromatic N) is 2. The summed E-state index contributed by atoms with van der Waals surface area (Å²) >= 11 is 0. The summed E-state index contributed by atoms with van der Waals surface area (Å²) in [5, 5.41) is 2.90. The van der Waals surface area contributed by atoms with Crippen LogP contribution in [0.15, 0.2) is 24.4 Å². The predicted molar refractivity (Wildman–Crippen MR) is 91.2 cm³/mol. The van der Waals surface area contributed by atoms with Gasteiger partial charge in [-0.15, -0.1) is 0 Å². The first-order valence-electron chi connectivity index (χ1n) is 8.47. The summed E-state index contributed by atoms with van der Waals surface area (Å²) in [6.07, 6.45) is 3.81. The zero-order valence-electron chi connectivity index (χ0n) is 14.7. The lowest BCUT2D eigenvalue weighted by molar-refractivity contribution is 0.0500. The van der Waals surface area contributed by atoms with E-state index in [9.17, 15) is 4.79 Å². The maximum atomic E-state index is 11.8. The molecule has 0 radical (unpaired) electrons. The van der Waals surface area contributed by atoms with E-state index in [0.717, 1.165) is 31.6 Å². The van der Waals surface area contributed by atoms with Crippen molar-refractivity contribution in [1.29, 1.82) is 0 Å². The fraction of sp³-hybridized carbons (Fsp3) is 0.667. The number of alkyl carbamates (subject to hydrolysis) is 1. The van der Waals surface area contributed by atoms with Gasteiger partial charge in [-0.3, -0.25) is 9.88 Å². The number of hydrogen-bond acceptors (Lipinski definition) is 4. The van der Waals surface area contributed by atoms with Crippen molar-refractivity contribution in [2.45, 2.75) is 52.2 Å². The smallest absolute Gasteiger partial charge is 0.407 e. The molecule has 5 nitrogen and oxygen atoms in total. The Labute approximate surface area is 139 Å². The van der Waals surface area contributed by atoms with Crippen LogP contribution in [-0.2, 0) is 4.74 Å². The molecular weight excluding hydrogens is 290 g/mol. The van der Waals surface area contributed by atoms with Crippen molar-refractivity contribution in [2.24, 2.45) is 5.92 Å². The van der Waals surface area contributed by atoms with Crippen LogP contribution in [0.2, 0.25) is 0 Å². The summed E-state index contributed by atoms with van der Waals surface area (Å²) in [7, 11) is 0. The van der Waals surface area contributed by atoms with Crippen molar-refractivity contribution in [3.8, 4) is 0 Å². The molecular formula is C18H29N3O2. The molecule has 2 atom stereocenters. The lowest BCUT2D eigenvalue weighted by atomic mass is 9.96. The van der Waals surface area contributed by atoms with Crippen molar-refractivity contribution in [2.75, 3.05) is 19.6 Å². The summed E-state index contributed by atoms with van der Waals surface area (Å²) in [6.45, 7) is 10.6. The van der Waals surface area contributed by atoms with Crippen LogP contribution in [0.3, 0.4) is 0 Å². The number of pyridine rings is 1. The Hall–Kier alpha value is -1.62. The molecule has 5 heteroatoms. The summed E-state index contributed by atoms with van der Waals surface area (Å²) in [5.74, 6) is 0.461. The van der Waals surface area contributed by atoms with Gasteiger partial charge in [0.2, 0.25) is 0 Å². The summed E-state index contributed by atoms with van der Waals surface area (Å²) in [4.78, 5) is 18.7. The second-order valence-electron chi connectivity index (χ2n) is 7.32. The Kier molecular flexibility index (Phi) is 5.99. The third-order valence-electron chi connectivity index (χ3n) is 4.15. The fourth-order valence-electron chi connectivity index (χ4n) is 2.97. The van der Waals surface area contributed by atoms with Crippen molar-refractivity contribution in [3.63, 3.8) is 0 Å². The molecule has 0 bridgehead atoms. The molecule has 0 aromatic carbocycles. The Morgan fingerprint density at radius 3 is 2.91 bits per heavy atom. The number of aromatic nitrogens is 1. The van der Waals surface area contributed by atoms with Gasteiger partial charge in [-0.05, 0) is 65.1 Å². The average molecular weight is 319 g/mol. The monoisotopic (exact) mass is 319 g/mol. The van der Waals surface area contributed by atoms with E-state index >= 15 is 0 Å².